The molecule has 1 atom stereocenters. The molecular formula is C15H30N2O. The number of methoxy groups -OCH3 is 1. The number of ether oxygens (including phenoxy) is 1. The van der Waals surface area contributed by atoms with Crippen LogP contribution >= 0.6 is 0 Å². The zero-order valence-corrected chi connectivity index (χ0v) is 12.4. The van der Waals surface area contributed by atoms with Gasteiger partial charge in [0.25, 0.3) is 0 Å². The Morgan fingerprint density at radius 1 is 1.33 bits per heavy atom. The highest BCUT2D eigenvalue weighted by atomic mass is 16.5. The minimum absolute atomic E-state index is 0.313. The first-order valence-electron chi connectivity index (χ1n) is 7.58. The third-order valence-electron chi connectivity index (χ3n) is 4.91. The average molecular weight is 254 g/mol. The lowest BCUT2D eigenvalue weighted by molar-refractivity contribution is 0.136. The van der Waals surface area contributed by atoms with Crippen molar-refractivity contribution in [3.8, 4) is 0 Å². The summed E-state index contributed by atoms with van der Waals surface area (Å²) in [4.78, 5) is 2.70. The van der Waals surface area contributed by atoms with E-state index < -0.39 is 0 Å². The molecule has 0 aromatic rings. The Bertz CT molecular complexity index is 265. The van der Waals surface area contributed by atoms with Gasteiger partial charge in [0.15, 0.2) is 0 Å². The van der Waals surface area contributed by atoms with Crippen molar-refractivity contribution in [3.05, 3.63) is 0 Å². The van der Waals surface area contributed by atoms with Gasteiger partial charge in [0.05, 0.1) is 0 Å². The van der Waals surface area contributed by atoms with Crippen LogP contribution in [0.4, 0.5) is 0 Å². The van der Waals surface area contributed by atoms with Crippen LogP contribution in [0.15, 0.2) is 0 Å². The molecule has 1 aliphatic heterocycles. The first-order chi connectivity index (χ1) is 8.61. The Morgan fingerprint density at radius 3 is 2.72 bits per heavy atom. The van der Waals surface area contributed by atoms with E-state index in [1.54, 1.807) is 0 Å². The summed E-state index contributed by atoms with van der Waals surface area (Å²) in [6.45, 7) is 10.5. The zero-order chi connectivity index (χ0) is 13.1. The molecular weight excluding hydrogens is 224 g/mol. The summed E-state index contributed by atoms with van der Waals surface area (Å²) in [5.41, 5.74) is 0.906. The summed E-state index contributed by atoms with van der Waals surface area (Å²) < 4.78 is 5.26. The number of rotatable bonds is 6. The molecule has 2 fully saturated rings. The van der Waals surface area contributed by atoms with Crippen LogP contribution in [0.5, 0.6) is 0 Å². The van der Waals surface area contributed by atoms with Crippen molar-refractivity contribution in [3.63, 3.8) is 0 Å². The van der Waals surface area contributed by atoms with Gasteiger partial charge in [0, 0.05) is 32.3 Å². The third kappa shape index (κ3) is 3.69. The SMILES string of the molecule is CCC1(C)CN(CC2(CCOC)CC2)CCCN1. The van der Waals surface area contributed by atoms with Crippen molar-refractivity contribution in [1.29, 1.82) is 0 Å². The van der Waals surface area contributed by atoms with Crippen LogP contribution in [-0.4, -0.2) is 50.3 Å². The Morgan fingerprint density at radius 2 is 2.11 bits per heavy atom. The van der Waals surface area contributed by atoms with Gasteiger partial charge in [-0.05, 0) is 57.5 Å². The fourth-order valence-corrected chi connectivity index (χ4v) is 3.15. The maximum absolute atomic E-state index is 5.26. The summed E-state index contributed by atoms with van der Waals surface area (Å²) in [5, 5.41) is 3.72. The molecule has 2 rings (SSSR count). The highest BCUT2D eigenvalue weighted by molar-refractivity contribution is 4.97. The zero-order valence-electron chi connectivity index (χ0n) is 12.4. The van der Waals surface area contributed by atoms with Crippen LogP contribution in [0.25, 0.3) is 0 Å². The van der Waals surface area contributed by atoms with Crippen LogP contribution in [0, 0.1) is 5.41 Å². The largest absolute Gasteiger partial charge is 0.385 e. The molecule has 1 saturated heterocycles. The molecule has 1 saturated carbocycles. The Balaban J connectivity index is 1.87. The molecule has 0 aromatic heterocycles. The van der Waals surface area contributed by atoms with Crippen LogP contribution in [0.2, 0.25) is 0 Å². The number of nitrogens with one attached hydrogen (secondary N) is 1. The lowest BCUT2D eigenvalue weighted by Crippen LogP contribution is -2.49. The van der Waals surface area contributed by atoms with Gasteiger partial charge in [-0.2, -0.15) is 0 Å². The minimum Gasteiger partial charge on any atom is -0.385 e. The first kappa shape index (κ1) is 14.3. The predicted molar refractivity (Wildman–Crippen MR) is 75.9 cm³/mol. The topological polar surface area (TPSA) is 24.5 Å². The molecule has 106 valence electrons. The second kappa shape index (κ2) is 5.89. The summed E-state index contributed by atoms with van der Waals surface area (Å²) in [6.07, 6.45) is 6.56. The van der Waals surface area contributed by atoms with Gasteiger partial charge < -0.3 is 15.0 Å². The molecule has 3 nitrogen and oxygen atoms in total. The predicted octanol–water partition coefficient (Wildman–Crippen LogP) is 2.27. The summed E-state index contributed by atoms with van der Waals surface area (Å²) in [5.74, 6) is 0. The van der Waals surface area contributed by atoms with Gasteiger partial charge in [-0.25, -0.2) is 0 Å². The number of hydrogen-bond acceptors (Lipinski definition) is 3. The summed E-state index contributed by atoms with van der Waals surface area (Å²) >= 11 is 0. The fourth-order valence-electron chi connectivity index (χ4n) is 3.15. The van der Waals surface area contributed by atoms with Crippen molar-refractivity contribution in [2.24, 2.45) is 5.41 Å². The van der Waals surface area contributed by atoms with E-state index in [2.05, 4.69) is 24.1 Å². The molecule has 0 amide bonds. The van der Waals surface area contributed by atoms with E-state index in [1.807, 2.05) is 7.11 Å². The average Bonchev–Trinajstić information content (AvgIpc) is 3.14. The van der Waals surface area contributed by atoms with E-state index in [1.165, 1.54) is 58.3 Å². The van der Waals surface area contributed by atoms with Crippen LogP contribution in [0.1, 0.15) is 46.0 Å². The number of nitrogens with zero attached hydrogens (tertiary/aromatic N) is 1. The van der Waals surface area contributed by atoms with E-state index in [4.69, 9.17) is 4.74 Å². The monoisotopic (exact) mass is 254 g/mol. The van der Waals surface area contributed by atoms with Gasteiger partial charge >= 0.3 is 0 Å². The lowest BCUT2D eigenvalue weighted by atomic mass is 9.96. The van der Waals surface area contributed by atoms with Crippen molar-refractivity contribution in [2.45, 2.75) is 51.5 Å². The molecule has 0 aromatic carbocycles. The van der Waals surface area contributed by atoms with E-state index in [0.717, 1.165) is 6.61 Å². The Hall–Kier alpha value is -0.120. The van der Waals surface area contributed by atoms with E-state index in [0.29, 0.717) is 11.0 Å². The normalized spacial score (nSPS) is 32.2. The molecule has 1 N–H and O–H groups in total. The Kier molecular flexibility index (Phi) is 4.68. The van der Waals surface area contributed by atoms with Crippen LogP contribution in [-0.2, 0) is 4.74 Å². The highest BCUT2D eigenvalue weighted by Crippen LogP contribution is 2.49. The first-order valence-corrected chi connectivity index (χ1v) is 7.58. The Labute approximate surface area is 112 Å². The molecule has 2 aliphatic rings. The molecule has 0 radical (unpaired) electrons. The van der Waals surface area contributed by atoms with E-state index in [-0.39, 0.29) is 0 Å². The number of hydrogen-bond donors (Lipinski definition) is 1. The standard InChI is InChI=1S/C15H30N2O/c1-4-14(2)12-17(10-5-9-16-14)13-15(6-7-15)8-11-18-3/h16H,4-13H2,1-3H3. The second-order valence-corrected chi connectivity index (χ2v) is 6.65. The van der Waals surface area contributed by atoms with Gasteiger partial charge in [0.1, 0.15) is 0 Å². The quantitative estimate of drug-likeness (QED) is 0.787. The molecule has 1 heterocycles. The maximum atomic E-state index is 5.26. The highest BCUT2D eigenvalue weighted by Gasteiger charge is 2.44. The van der Waals surface area contributed by atoms with Crippen molar-refractivity contribution in [1.82, 2.24) is 10.2 Å². The van der Waals surface area contributed by atoms with Crippen LogP contribution in [0.3, 0.4) is 0 Å². The minimum atomic E-state index is 0.313. The van der Waals surface area contributed by atoms with Crippen molar-refractivity contribution >= 4 is 0 Å². The third-order valence-corrected chi connectivity index (χ3v) is 4.91. The second-order valence-electron chi connectivity index (χ2n) is 6.65. The van der Waals surface area contributed by atoms with Crippen molar-refractivity contribution < 1.29 is 4.74 Å². The van der Waals surface area contributed by atoms with Gasteiger partial charge in [-0.1, -0.05) is 6.92 Å². The van der Waals surface area contributed by atoms with Gasteiger partial charge in [-0.3, -0.25) is 0 Å². The smallest absolute Gasteiger partial charge is 0.0468 e. The summed E-state index contributed by atoms with van der Waals surface area (Å²) in [6, 6.07) is 0. The molecule has 3 heteroatoms. The maximum Gasteiger partial charge on any atom is 0.0468 e. The van der Waals surface area contributed by atoms with Crippen molar-refractivity contribution in [2.75, 3.05) is 39.9 Å². The molecule has 18 heavy (non-hydrogen) atoms. The fraction of sp³-hybridized carbons (Fsp3) is 1.00. The van der Waals surface area contributed by atoms with Gasteiger partial charge in [0.2, 0.25) is 0 Å². The lowest BCUT2D eigenvalue weighted by Gasteiger charge is -2.34. The van der Waals surface area contributed by atoms with Crippen LogP contribution < -0.4 is 5.32 Å². The molecule has 1 aliphatic carbocycles. The molecule has 0 bridgehead atoms. The summed E-state index contributed by atoms with van der Waals surface area (Å²) in [7, 11) is 1.82. The van der Waals surface area contributed by atoms with E-state index in [9.17, 15) is 0 Å². The van der Waals surface area contributed by atoms with Gasteiger partial charge in [-0.15, -0.1) is 0 Å². The van der Waals surface area contributed by atoms with E-state index >= 15 is 0 Å². The molecule has 1 unspecified atom stereocenters. The molecule has 0 spiro atoms.